The number of rotatable bonds is 3. The second-order valence-electron chi connectivity index (χ2n) is 4.82. The van der Waals surface area contributed by atoms with E-state index in [1.807, 2.05) is 47.5 Å². The Balaban J connectivity index is 1.78. The summed E-state index contributed by atoms with van der Waals surface area (Å²) in [5.74, 6) is 0.830. The van der Waals surface area contributed by atoms with Crippen LogP contribution in [0.1, 0.15) is 17.5 Å². The molecule has 106 valence electrons. The molecule has 0 atom stereocenters. The summed E-state index contributed by atoms with van der Waals surface area (Å²) in [7, 11) is 1.66. The van der Waals surface area contributed by atoms with Crippen LogP contribution in [0.2, 0.25) is 0 Å². The minimum atomic E-state index is 0.753. The van der Waals surface area contributed by atoms with E-state index in [0.29, 0.717) is 0 Å². The molecule has 0 unspecified atom stereocenters. The molecule has 2 aromatic carbocycles. The first-order chi connectivity index (χ1) is 10.3. The van der Waals surface area contributed by atoms with Gasteiger partial charge in [0.25, 0.3) is 0 Å². The summed E-state index contributed by atoms with van der Waals surface area (Å²) in [4.78, 5) is 0.753. The van der Waals surface area contributed by atoms with Crippen molar-refractivity contribution in [1.29, 1.82) is 0 Å². The van der Waals surface area contributed by atoms with Gasteiger partial charge in [-0.3, -0.25) is 5.01 Å². The highest BCUT2D eigenvalue weighted by molar-refractivity contribution is 7.80. The fourth-order valence-corrected chi connectivity index (χ4v) is 2.59. The summed E-state index contributed by atoms with van der Waals surface area (Å²) in [6, 6.07) is 18.0. The number of ether oxygens (including phenoxy) is 1. The molecule has 0 aliphatic carbocycles. The Morgan fingerprint density at radius 2 is 1.81 bits per heavy atom. The van der Waals surface area contributed by atoms with Crippen LogP contribution in [0.15, 0.2) is 59.7 Å². The number of hydrogen-bond donors (Lipinski definition) is 0. The SMILES string of the molecule is COc1ccc(C(=S)N2CCC(c3ccccc3)=N2)cc1. The highest BCUT2D eigenvalue weighted by Crippen LogP contribution is 2.19. The van der Waals surface area contributed by atoms with Gasteiger partial charge in [-0.25, -0.2) is 0 Å². The third kappa shape index (κ3) is 2.95. The van der Waals surface area contributed by atoms with E-state index in [-0.39, 0.29) is 0 Å². The molecule has 2 aromatic rings. The lowest BCUT2D eigenvalue weighted by Crippen LogP contribution is -2.22. The molecule has 0 fully saturated rings. The van der Waals surface area contributed by atoms with E-state index in [9.17, 15) is 0 Å². The van der Waals surface area contributed by atoms with Crippen LogP contribution in [-0.2, 0) is 0 Å². The normalized spacial score (nSPS) is 14.0. The first-order valence-corrected chi connectivity index (χ1v) is 7.27. The van der Waals surface area contributed by atoms with E-state index in [4.69, 9.17) is 17.0 Å². The molecule has 0 spiro atoms. The van der Waals surface area contributed by atoms with Gasteiger partial charge in [-0.15, -0.1) is 0 Å². The van der Waals surface area contributed by atoms with Gasteiger partial charge in [-0.05, 0) is 29.8 Å². The molecule has 0 saturated carbocycles. The Morgan fingerprint density at radius 3 is 2.48 bits per heavy atom. The third-order valence-electron chi connectivity index (χ3n) is 3.48. The van der Waals surface area contributed by atoms with Crippen LogP contribution in [0.5, 0.6) is 5.75 Å². The maximum atomic E-state index is 5.54. The highest BCUT2D eigenvalue weighted by Gasteiger charge is 2.19. The van der Waals surface area contributed by atoms with Crippen LogP contribution in [0.4, 0.5) is 0 Å². The third-order valence-corrected chi connectivity index (χ3v) is 3.93. The molecule has 0 aromatic heterocycles. The first kappa shape index (κ1) is 13.8. The van der Waals surface area contributed by atoms with Crippen molar-refractivity contribution in [1.82, 2.24) is 5.01 Å². The number of thiocarbonyl (C=S) groups is 1. The maximum absolute atomic E-state index is 5.54. The summed E-state index contributed by atoms with van der Waals surface area (Å²) in [6.07, 6.45) is 0.917. The second kappa shape index (κ2) is 6.06. The minimum Gasteiger partial charge on any atom is -0.497 e. The van der Waals surface area contributed by atoms with E-state index >= 15 is 0 Å². The van der Waals surface area contributed by atoms with Crippen molar-refractivity contribution < 1.29 is 4.74 Å². The molecule has 1 aliphatic rings. The van der Waals surface area contributed by atoms with Crippen molar-refractivity contribution in [2.45, 2.75) is 6.42 Å². The van der Waals surface area contributed by atoms with Crippen molar-refractivity contribution in [3.63, 3.8) is 0 Å². The number of hydrogen-bond acceptors (Lipinski definition) is 3. The van der Waals surface area contributed by atoms with Crippen molar-refractivity contribution >= 4 is 22.9 Å². The maximum Gasteiger partial charge on any atom is 0.129 e. The van der Waals surface area contributed by atoms with E-state index in [1.165, 1.54) is 0 Å². The van der Waals surface area contributed by atoms with Crippen molar-refractivity contribution in [3.05, 3.63) is 65.7 Å². The molecule has 3 nitrogen and oxygen atoms in total. The topological polar surface area (TPSA) is 24.8 Å². The molecule has 0 saturated heterocycles. The van der Waals surface area contributed by atoms with Gasteiger partial charge in [-0.2, -0.15) is 5.10 Å². The summed E-state index contributed by atoms with van der Waals surface area (Å²) in [5.41, 5.74) is 3.24. The Labute approximate surface area is 129 Å². The Hall–Kier alpha value is -2.20. The van der Waals surface area contributed by atoms with Crippen LogP contribution in [0, 0.1) is 0 Å². The van der Waals surface area contributed by atoms with Gasteiger partial charge >= 0.3 is 0 Å². The quantitative estimate of drug-likeness (QED) is 0.811. The zero-order chi connectivity index (χ0) is 14.7. The lowest BCUT2D eigenvalue weighted by Gasteiger charge is -2.14. The second-order valence-corrected chi connectivity index (χ2v) is 5.21. The summed E-state index contributed by atoms with van der Waals surface area (Å²) >= 11 is 5.54. The number of hydrazone groups is 1. The van der Waals surface area contributed by atoms with Gasteiger partial charge in [0.1, 0.15) is 10.7 Å². The van der Waals surface area contributed by atoms with Crippen molar-refractivity contribution in [3.8, 4) is 5.75 Å². The van der Waals surface area contributed by atoms with Gasteiger partial charge in [0.15, 0.2) is 0 Å². The largest absolute Gasteiger partial charge is 0.497 e. The van der Waals surface area contributed by atoms with Crippen molar-refractivity contribution in [2.24, 2.45) is 5.10 Å². The summed E-state index contributed by atoms with van der Waals surface area (Å²) < 4.78 is 5.16. The molecule has 3 rings (SSSR count). The van der Waals surface area contributed by atoms with Gasteiger partial charge in [0.05, 0.1) is 12.8 Å². The molecule has 0 amide bonds. The number of nitrogens with zero attached hydrogens (tertiary/aromatic N) is 2. The van der Waals surface area contributed by atoms with Crippen LogP contribution in [-0.4, -0.2) is 29.4 Å². The molecule has 1 heterocycles. The van der Waals surface area contributed by atoms with E-state index in [1.54, 1.807) is 7.11 Å². The van der Waals surface area contributed by atoms with Gasteiger partial charge in [-0.1, -0.05) is 42.5 Å². The average molecular weight is 296 g/mol. The number of methoxy groups -OCH3 is 1. The monoisotopic (exact) mass is 296 g/mol. The fourth-order valence-electron chi connectivity index (χ4n) is 2.32. The van der Waals surface area contributed by atoms with E-state index < -0.39 is 0 Å². The Bertz CT molecular complexity index is 665. The predicted octanol–water partition coefficient (Wildman–Crippen LogP) is 3.48. The zero-order valence-electron chi connectivity index (χ0n) is 11.8. The highest BCUT2D eigenvalue weighted by atomic mass is 32.1. The first-order valence-electron chi connectivity index (χ1n) is 6.87. The average Bonchev–Trinajstić information content (AvgIpc) is 3.05. The fraction of sp³-hybridized carbons (Fsp3) is 0.176. The molecule has 0 bridgehead atoms. The molecular formula is C17H16N2OS. The van der Waals surface area contributed by atoms with Gasteiger partial charge < -0.3 is 4.74 Å². The Kier molecular flexibility index (Phi) is 3.97. The molecule has 4 heteroatoms. The lowest BCUT2D eigenvalue weighted by molar-refractivity contribution is 0.414. The predicted molar refractivity (Wildman–Crippen MR) is 89.0 cm³/mol. The molecular weight excluding hydrogens is 280 g/mol. The molecule has 1 aliphatic heterocycles. The van der Waals surface area contributed by atoms with Crippen LogP contribution >= 0.6 is 12.2 Å². The van der Waals surface area contributed by atoms with Crippen molar-refractivity contribution in [2.75, 3.05) is 13.7 Å². The van der Waals surface area contributed by atoms with E-state index in [2.05, 4.69) is 17.2 Å². The summed E-state index contributed by atoms with van der Waals surface area (Å²) in [6.45, 7) is 0.828. The Morgan fingerprint density at radius 1 is 1.10 bits per heavy atom. The molecule has 0 N–H and O–H groups in total. The molecule has 21 heavy (non-hydrogen) atoms. The van der Waals surface area contributed by atoms with Gasteiger partial charge in [0, 0.05) is 18.5 Å². The van der Waals surface area contributed by atoms with Crippen LogP contribution < -0.4 is 4.74 Å². The standard InChI is InChI=1S/C17H16N2OS/c1-20-15-9-7-14(8-10-15)17(21)19-12-11-16(18-19)13-5-3-2-4-6-13/h2-10H,11-12H2,1H3. The van der Waals surface area contributed by atoms with Crippen LogP contribution in [0.3, 0.4) is 0 Å². The molecule has 0 radical (unpaired) electrons. The summed E-state index contributed by atoms with van der Waals surface area (Å²) in [5, 5.41) is 6.56. The van der Waals surface area contributed by atoms with Crippen LogP contribution in [0.25, 0.3) is 0 Å². The minimum absolute atomic E-state index is 0.753. The van der Waals surface area contributed by atoms with Gasteiger partial charge in [0.2, 0.25) is 0 Å². The smallest absolute Gasteiger partial charge is 0.129 e. The number of benzene rings is 2. The zero-order valence-corrected chi connectivity index (χ0v) is 12.6. The van der Waals surface area contributed by atoms with E-state index in [0.717, 1.165) is 40.5 Å². The lowest BCUT2D eigenvalue weighted by atomic mass is 10.1.